The van der Waals surface area contributed by atoms with Crippen LogP contribution < -0.4 is 10.0 Å². The van der Waals surface area contributed by atoms with Gasteiger partial charge in [0.25, 0.3) is 0 Å². The Hall–Kier alpha value is -2.36. The van der Waals surface area contributed by atoms with E-state index in [1.165, 1.54) is 0 Å². The van der Waals surface area contributed by atoms with E-state index in [9.17, 15) is 22.9 Å². The van der Waals surface area contributed by atoms with E-state index in [0.29, 0.717) is 6.54 Å². The second-order valence-corrected chi connectivity index (χ2v) is 7.39. The molecule has 1 heterocycles. The average Bonchev–Trinajstić information content (AvgIpc) is 2.59. The molecule has 1 aliphatic heterocycles. The molecule has 0 saturated carbocycles. The lowest BCUT2D eigenvalue weighted by atomic mass is 9.95. The third-order valence-electron chi connectivity index (χ3n) is 4.11. The molecule has 2 N–H and O–H groups in total. The first-order valence-electron chi connectivity index (χ1n) is 7.64. The number of rotatable bonds is 5. The molecule has 1 atom stereocenters. The number of nitro benzene ring substituents is 1. The van der Waals surface area contributed by atoms with E-state index in [1.54, 1.807) is 0 Å². The lowest BCUT2D eigenvalue weighted by Gasteiger charge is -2.27. The Morgan fingerprint density at radius 1 is 1.24 bits per heavy atom. The summed E-state index contributed by atoms with van der Waals surface area (Å²) < 4.78 is 40.9. The van der Waals surface area contributed by atoms with Crippen LogP contribution in [0.5, 0.6) is 0 Å². The van der Waals surface area contributed by atoms with Crippen molar-refractivity contribution in [1.82, 2.24) is 10.0 Å². The number of hydrogen-bond acceptors (Lipinski definition) is 5. The molecule has 0 aromatic heterocycles. The van der Waals surface area contributed by atoms with Crippen molar-refractivity contribution in [2.24, 2.45) is 0 Å². The Morgan fingerprint density at radius 3 is 2.76 bits per heavy atom. The summed E-state index contributed by atoms with van der Waals surface area (Å²) in [5.74, 6) is -1.19. The van der Waals surface area contributed by atoms with Gasteiger partial charge < -0.3 is 5.32 Å². The summed E-state index contributed by atoms with van der Waals surface area (Å²) in [6.45, 7) is 0.705. The fraction of sp³-hybridized carbons (Fsp3) is 0.250. The maximum Gasteiger partial charge on any atom is 0.324 e. The largest absolute Gasteiger partial charge is 0.324 e. The number of fused-ring (bicyclic) bond motifs is 1. The van der Waals surface area contributed by atoms with Crippen LogP contribution in [-0.2, 0) is 16.4 Å². The van der Waals surface area contributed by atoms with Gasteiger partial charge in [0.1, 0.15) is 0 Å². The zero-order chi connectivity index (χ0) is 18.0. The lowest BCUT2D eigenvalue weighted by Crippen LogP contribution is -2.39. The number of nitro groups is 1. The van der Waals surface area contributed by atoms with Crippen molar-refractivity contribution in [3.8, 4) is 0 Å². The topological polar surface area (TPSA) is 101 Å². The van der Waals surface area contributed by atoms with E-state index in [1.807, 2.05) is 24.3 Å². The predicted molar refractivity (Wildman–Crippen MR) is 89.1 cm³/mol. The van der Waals surface area contributed by atoms with Gasteiger partial charge in [0.05, 0.1) is 4.92 Å². The van der Waals surface area contributed by atoms with E-state index >= 15 is 0 Å². The Bertz CT molecular complexity index is 917. The quantitative estimate of drug-likeness (QED) is 0.622. The first kappa shape index (κ1) is 17.5. The Labute approximate surface area is 144 Å². The Balaban J connectivity index is 1.85. The highest BCUT2D eigenvalue weighted by Gasteiger charge is 2.30. The fourth-order valence-electron chi connectivity index (χ4n) is 2.94. The molecule has 0 saturated heterocycles. The van der Waals surface area contributed by atoms with Crippen molar-refractivity contribution >= 4 is 15.7 Å². The molecule has 9 heteroatoms. The lowest BCUT2D eigenvalue weighted by molar-refractivity contribution is -0.390. The number of halogens is 1. The van der Waals surface area contributed by atoms with Crippen LogP contribution >= 0.6 is 0 Å². The van der Waals surface area contributed by atoms with E-state index in [0.717, 1.165) is 35.7 Å². The van der Waals surface area contributed by atoms with E-state index in [2.05, 4.69) is 10.0 Å². The van der Waals surface area contributed by atoms with Gasteiger partial charge >= 0.3 is 5.69 Å². The van der Waals surface area contributed by atoms with Crippen LogP contribution in [-0.4, -0.2) is 26.4 Å². The Kier molecular flexibility index (Phi) is 4.80. The molecule has 1 unspecified atom stereocenters. The minimum absolute atomic E-state index is 0.00696. The minimum Gasteiger partial charge on any atom is -0.308 e. The van der Waals surface area contributed by atoms with E-state index in [4.69, 9.17) is 0 Å². The van der Waals surface area contributed by atoms with Gasteiger partial charge in [0.2, 0.25) is 15.8 Å². The predicted octanol–water partition coefficient (Wildman–Crippen LogP) is 1.90. The van der Waals surface area contributed by atoms with Crippen LogP contribution in [0.2, 0.25) is 0 Å². The van der Waals surface area contributed by atoms with Crippen molar-refractivity contribution in [2.75, 3.05) is 13.1 Å². The molecule has 0 spiro atoms. The first-order valence-corrected chi connectivity index (χ1v) is 9.12. The number of nitrogens with zero attached hydrogens (tertiary/aromatic N) is 1. The van der Waals surface area contributed by atoms with Gasteiger partial charge in [-0.2, -0.15) is 4.39 Å². The normalized spacial score (nSPS) is 17.1. The van der Waals surface area contributed by atoms with Crippen LogP contribution in [0.3, 0.4) is 0 Å². The van der Waals surface area contributed by atoms with E-state index in [-0.39, 0.29) is 12.6 Å². The molecule has 1 aliphatic rings. The van der Waals surface area contributed by atoms with Crippen LogP contribution in [0.4, 0.5) is 10.1 Å². The van der Waals surface area contributed by atoms with Gasteiger partial charge in [-0.3, -0.25) is 10.1 Å². The van der Waals surface area contributed by atoms with Crippen LogP contribution in [0.25, 0.3) is 0 Å². The molecule has 0 aliphatic carbocycles. The first-order chi connectivity index (χ1) is 11.9. The highest BCUT2D eigenvalue weighted by molar-refractivity contribution is 7.89. The maximum atomic E-state index is 13.7. The number of benzene rings is 2. The standard InChI is InChI=1S/C16H16FN3O4S/c17-13-6-3-7-15(16(13)20(21)22)25(23,24)19-10-14-12-5-2-1-4-11(12)8-9-18-14/h1-7,14,18-19H,8-10H2. The minimum atomic E-state index is -4.23. The van der Waals surface area contributed by atoms with Gasteiger partial charge in [-0.05, 0) is 36.2 Å². The summed E-state index contributed by atoms with van der Waals surface area (Å²) >= 11 is 0. The summed E-state index contributed by atoms with van der Waals surface area (Å²) in [4.78, 5) is 9.31. The van der Waals surface area contributed by atoms with Gasteiger partial charge in [0, 0.05) is 12.6 Å². The van der Waals surface area contributed by atoms with Crippen molar-refractivity contribution in [1.29, 1.82) is 0 Å². The molecule has 0 fully saturated rings. The summed E-state index contributed by atoms with van der Waals surface area (Å²) in [6.07, 6.45) is 0.842. The molecule has 0 radical (unpaired) electrons. The van der Waals surface area contributed by atoms with Crippen LogP contribution in [0.1, 0.15) is 17.2 Å². The fourth-order valence-corrected chi connectivity index (χ4v) is 4.16. The SMILES string of the molecule is O=[N+]([O-])c1c(F)cccc1S(=O)(=O)NCC1NCCc2ccccc21. The smallest absolute Gasteiger partial charge is 0.308 e. The van der Waals surface area contributed by atoms with Crippen molar-refractivity contribution in [3.63, 3.8) is 0 Å². The molecule has 0 bridgehead atoms. The molecular formula is C16H16FN3O4S. The van der Waals surface area contributed by atoms with Crippen molar-refractivity contribution < 1.29 is 17.7 Å². The molecule has 2 aromatic rings. The molecule has 7 nitrogen and oxygen atoms in total. The summed E-state index contributed by atoms with van der Waals surface area (Å²) in [7, 11) is -4.23. The van der Waals surface area contributed by atoms with Gasteiger partial charge in [-0.1, -0.05) is 30.3 Å². The highest BCUT2D eigenvalue weighted by Crippen LogP contribution is 2.27. The summed E-state index contributed by atoms with van der Waals surface area (Å²) in [5, 5.41) is 14.2. The van der Waals surface area contributed by atoms with Gasteiger partial charge in [-0.15, -0.1) is 0 Å². The summed E-state index contributed by atoms with van der Waals surface area (Å²) in [6, 6.07) is 10.4. The van der Waals surface area contributed by atoms with Gasteiger partial charge in [0.15, 0.2) is 4.90 Å². The number of hydrogen-bond donors (Lipinski definition) is 2. The third-order valence-corrected chi connectivity index (χ3v) is 5.57. The van der Waals surface area contributed by atoms with Crippen LogP contribution in [0, 0.1) is 15.9 Å². The molecule has 3 rings (SSSR count). The van der Waals surface area contributed by atoms with Crippen LogP contribution in [0.15, 0.2) is 47.4 Å². The third kappa shape index (κ3) is 3.53. The second kappa shape index (κ2) is 6.87. The van der Waals surface area contributed by atoms with E-state index < -0.39 is 31.3 Å². The molecule has 0 amide bonds. The number of sulfonamides is 1. The average molecular weight is 365 g/mol. The zero-order valence-corrected chi connectivity index (χ0v) is 13.9. The van der Waals surface area contributed by atoms with Crippen molar-refractivity contribution in [2.45, 2.75) is 17.4 Å². The highest BCUT2D eigenvalue weighted by atomic mass is 32.2. The Morgan fingerprint density at radius 2 is 2.00 bits per heavy atom. The zero-order valence-electron chi connectivity index (χ0n) is 13.1. The molecule has 25 heavy (non-hydrogen) atoms. The second-order valence-electron chi connectivity index (χ2n) is 5.65. The maximum absolute atomic E-state index is 13.7. The summed E-state index contributed by atoms with van der Waals surface area (Å²) in [5.41, 5.74) is 1.05. The van der Waals surface area contributed by atoms with Gasteiger partial charge in [-0.25, -0.2) is 13.1 Å². The molecule has 132 valence electrons. The number of nitrogens with one attached hydrogen (secondary N) is 2. The molecular weight excluding hydrogens is 349 g/mol. The molecule has 2 aromatic carbocycles. The number of para-hydroxylation sites is 1. The monoisotopic (exact) mass is 365 g/mol. The van der Waals surface area contributed by atoms with Crippen molar-refractivity contribution in [3.05, 3.63) is 69.5 Å².